The minimum Gasteiger partial charge on any atom is -0.493 e. The molecule has 2 aliphatic rings. The first kappa shape index (κ1) is 17.1. The van der Waals surface area contributed by atoms with Crippen LogP contribution in [0.2, 0.25) is 0 Å². The molecule has 0 saturated carbocycles. The van der Waals surface area contributed by atoms with Crippen LogP contribution in [0.15, 0.2) is 42.9 Å². The highest BCUT2D eigenvalue weighted by Crippen LogP contribution is 2.41. The van der Waals surface area contributed by atoms with Gasteiger partial charge in [-0.15, -0.1) is 10.2 Å². The first-order valence-electron chi connectivity index (χ1n) is 9.49. The van der Waals surface area contributed by atoms with Gasteiger partial charge in [0.1, 0.15) is 29.4 Å². The highest BCUT2D eigenvalue weighted by atomic mass is 19.1. The van der Waals surface area contributed by atoms with Crippen LogP contribution < -0.4 is 14.8 Å². The van der Waals surface area contributed by atoms with Crippen LogP contribution in [0.25, 0.3) is 16.9 Å². The molecule has 6 rings (SSSR count). The quantitative estimate of drug-likeness (QED) is 0.520. The van der Waals surface area contributed by atoms with E-state index in [1.54, 1.807) is 16.5 Å². The highest BCUT2D eigenvalue weighted by molar-refractivity contribution is 5.80. The lowest BCUT2D eigenvalue weighted by atomic mass is 9.96. The number of anilines is 1. The van der Waals surface area contributed by atoms with Gasteiger partial charge in [-0.05, 0) is 30.3 Å². The fraction of sp³-hybridized carbons (Fsp3) is 0.190. The van der Waals surface area contributed by atoms with E-state index in [0.29, 0.717) is 40.7 Å². The van der Waals surface area contributed by atoms with E-state index in [1.165, 1.54) is 30.7 Å². The van der Waals surface area contributed by atoms with Crippen molar-refractivity contribution in [3.8, 4) is 22.8 Å². The minimum absolute atomic E-state index is 0.106. The second-order valence-electron chi connectivity index (χ2n) is 7.24. The minimum atomic E-state index is -0.471. The molecule has 0 saturated heterocycles. The molecule has 9 heteroatoms. The SMILES string of the molecule is Fc1cccnc1-c1cc2c(n3cnnc13)NCc1c(F)ccc3c1C(CO3)CO2. The number of hydrogen-bond donors (Lipinski definition) is 1. The smallest absolute Gasteiger partial charge is 0.172 e. The number of nitrogens with one attached hydrogen (secondary N) is 1. The first-order valence-corrected chi connectivity index (χ1v) is 9.49. The van der Waals surface area contributed by atoms with E-state index in [-0.39, 0.29) is 30.6 Å². The van der Waals surface area contributed by atoms with E-state index in [2.05, 4.69) is 20.5 Å². The van der Waals surface area contributed by atoms with Gasteiger partial charge < -0.3 is 14.8 Å². The van der Waals surface area contributed by atoms with Crippen LogP contribution in [-0.4, -0.2) is 32.8 Å². The summed E-state index contributed by atoms with van der Waals surface area (Å²) in [5.74, 6) is 0.842. The van der Waals surface area contributed by atoms with Crippen molar-refractivity contribution in [2.45, 2.75) is 12.5 Å². The normalized spacial score (nSPS) is 17.1. The Morgan fingerprint density at radius 3 is 2.80 bits per heavy atom. The van der Waals surface area contributed by atoms with Crippen LogP contribution in [-0.2, 0) is 6.54 Å². The van der Waals surface area contributed by atoms with Crippen LogP contribution in [0.4, 0.5) is 14.6 Å². The lowest BCUT2D eigenvalue weighted by Crippen LogP contribution is -2.13. The molecule has 5 heterocycles. The topological polar surface area (TPSA) is 73.6 Å². The summed E-state index contributed by atoms with van der Waals surface area (Å²) in [5.41, 5.74) is 2.40. The second kappa shape index (κ2) is 6.38. The zero-order valence-corrected chi connectivity index (χ0v) is 15.6. The van der Waals surface area contributed by atoms with E-state index in [0.717, 1.165) is 5.56 Å². The van der Waals surface area contributed by atoms with Crippen LogP contribution in [0.3, 0.4) is 0 Å². The average Bonchev–Trinajstić information content (AvgIpc) is 3.40. The van der Waals surface area contributed by atoms with Crippen molar-refractivity contribution < 1.29 is 18.3 Å². The number of hydrogen-bond acceptors (Lipinski definition) is 6. The van der Waals surface area contributed by atoms with Gasteiger partial charge >= 0.3 is 0 Å². The molecule has 1 atom stereocenters. The third-order valence-electron chi connectivity index (χ3n) is 5.53. The van der Waals surface area contributed by atoms with E-state index >= 15 is 0 Å². The zero-order valence-electron chi connectivity index (χ0n) is 15.6. The van der Waals surface area contributed by atoms with Gasteiger partial charge in [-0.25, -0.2) is 8.78 Å². The number of halogens is 2. The van der Waals surface area contributed by atoms with Crippen molar-refractivity contribution in [2.75, 3.05) is 18.5 Å². The third kappa shape index (κ3) is 2.44. The summed E-state index contributed by atoms with van der Waals surface area (Å²) in [7, 11) is 0. The Labute approximate surface area is 169 Å². The summed E-state index contributed by atoms with van der Waals surface area (Å²) in [6.45, 7) is 0.934. The Bertz CT molecular complexity index is 1310. The molecule has 7 nitrogen and oxygen atoms in total. The van der Waals surface area contributed by atoms with Crippen molar-refractivity contribution in [1.29, 1.82) is 0 Å². The lowest BCUT2D eigenvalue weighted by molar-refractivity contribution is 0.249. The largest absolute Gasteiger partial charge is 0.493 e. The predicted molar refractivity (Wildman–Crippen MR) is 104 cm³/mol. The molecule has 0 radical (unpaired) electrons. The van der Waals surface area contributed by atoms with Crippen molar-refractivity contribution in [2.24, 2.45) is 0 Å². The van der Waals surface area contributed by atoms with Crippen molar-refractivity contribution in [3.63, 3.8) is 0 Å². The Morgan fingerprint density at radius 1 is 1.07 bits per heavy atom. The van der Waals surface area contributed by atoms with Gasteiger partial charge in [-0.1, -0.05) is 0 Å². The van der Waals surface area contributed by atoms with E-state index in [1.807, 2.05) is 0 Å². The fourth-order valence-corrected chi connectivity index (χ4v) is 4.14. The number of rotatable bonds is 1. The van der Waals surface area contributed by atoms with Crippen LogP contribution >= 0.6 is 0 Å². The van der Waals surface area contributed by atoms with Gasteiger partial charge in [0, 0.05) is 23.9 Å². The van der Waals surface area contributed by atoms with Crippen molar-refractivity contribution >= 4 is 11.5 Å². The maximum Gasteiger partial charge on any atom is 0.172 e. The van der Waals surface area contributed by atoms with Gasteiger partial charge in [-0.3, -0.25) is 9.38 Å². The molecule has 150 valence electrons. The molecule has 0 aliphatic carbocycles. The van der Waals surface area contributed by atoms with Gasteiger partial charge in [0.2, 0.25) is 0 Å². The number of pyridine rings is 2. The summed E-state index contributed by atoms with van der Waals surface area (Å²) in [6, 6.07) is 7.63. The monoisotopic (exact) mass is 407 g/mol. The maximum absolute atomic E-state index is 14.6. The van der Waals surface area contributed by atoms with E-state index in [4.69, 9.17) is 9.47 Å². The van der Waals surface area contributed by atoms with E-state index < -0.39 is 5.82 Å². The molecule has 0 amide bonds. The van der Waals surface area contributed by atoms with Crippen LogP contribution in [0.5, 0.6) is 11.5 Å². The summed E-state index contributed by atoms with van der Waals surface area (Å²) in [5, 5.41) is 11.4. The van der Waals surface area contributed by atoms with Crippen LogP contribution in [0.1, 0.15) is 17.0 Å². The summed E-state index contributed by atoms with van der Waals surface area (Å²) < 4.78 is 42.6. The number of ether oxygens (including phenoxy) is 2. The Morgan fingerprint density at radius 2 is 1.93 bits per heavy atom. The van der Waals surface area contributed by atoms with Crippen LogP contribution in [0, 0.1) is 11.6 Å². The molecule has 4 aromatic rings. The molecule has 3 aromatic heterocycles. The highest BCUT2D eigenvalue weighted by Gasteiger charge is 2.31. The molecule has 1 unspecified atom stereocenters. The predicted octanol–water partition coefficient (Wildman–Crippen LogP) is 3.55. The maximum atomic E-state index is 14.6. The summed E-state index contributed by atoms with van der Waals surface area (Å²) >= 11 is 0. The molecule has 0 bridgehead atoms. The number of benzene rings is 1. The number of nitrogens with zero attached hydrogens (tertiary/aromatic N) is 4. The van der Waals surface area contributed by atoms with Crippen molar-refractivity contribution in [1.82, 2.24) is 19.6 Å². The Balaban J connectivity index is 1.54. The summed E-state index contributed by atoms with van der Waals surface area (Å²) in [6.07, 6.45) is 3.02. The first-order chi connectivity index (χ1) is 14.7. The molecular formula is C21H15F2N5O2. The van der Waals surface area contributed by atoms with Gasteiger partial charge in [0.15, 0.2) is 17.2 Å². The standard InChI is InChI=1S/C21H15F2N5O2/c22-14-3-4-16-18-11(8-29-16)9-30-17-6-12(19-15(23)2-1-5-24-19)20-27-26-10-28(20)21(17)25-7-13(14)18/h1-6,10-11,25H,7-9H2. The number of fused-ring (bicyclic) bond motifs is 3. The molecule has 2 aliphatic heterocycles. The fourth-order valence-electron chi connectivity index (χ4n) is 4.14. The Hall–Kier alpha value is -3.75. The molecule has 0 fully saturated rings. The molecule has 30 heavy (non-hydrogen) atoms. The zero-order chi connectivity index (χ0) is 20.2. The second-order valence-corrected chi connectivity index (χ2v) is 7.24. The molecule has 1 aromatic carbocycles. The molecule has 0 spiro atoms. The average molecular weight is 407 g/mol. The van der Waals surface area contributed by atoms with Gasteiger partial charge in [0.25, 0.3) is 0 Å². The van der Waals surface area contributed by atoms with Gasteiger partial charge in [-0.2, -0.15) is 0 Å². The lowest BCUT2D eigenvalue weighted by Gasteiger charge is -2.16. The van der Waals surface area contributed by atoms with Gasteiger partial charge in [0.05, 0.1) is 24.7 Å². The molecular weight excluding hydrogens is 392 g/mol. The van der Waals surface area contributed by atoms with Crippen molar-refractivity contribution in [3.05, 3.63) is 65.6 Å². The number of aromatic nitrogens is 4. The Kier molecular flexibility index (Phi) is 3.64. The molecule has 1 N–H and O–H groups in total. The third-order valence-corrected chi connectivity index (χ3v) is 5.53. The van der Waals surface area contributed by atoms with E-state index in [9.17, 15) is 8.78 Å². The summed E-state index contributed by atoms with van der Waals surface area (Å²) in [4.78, 5) is 4.17.